The van der Waals surface area contributed by atoms with Crippen LogP contribution in [0.3, 0.4) is 0 Å². The fraction of sp³-hybridized carbons (Fsp3) is 0.0714. The van der Waals surface area contributed by atoms with Crippen molar-refractivity contribution in [2.45, 2.75) is 6.36 Å². The molecule has 0 aliphatic rings. The lowest BCUT2D eigenvalue weighted by Crippen LogP contribution is -2.16. The number of benzene rings is 2. The highest BCUT2D eigenvalue weighted by Gasteiger charge is 2.30. The minimum absolute atomic E-state index is 0.243. The molecule has 0 fully saturated rings. The summed E-state index contributed by atoms with van der Waals surface area (Å²) in [7, 11) is 0. The zero-order valence-corrected chi connectivity index (χ0v) is 10.0. The Morgan fingerprint density at radius 1 is 0.950 bits per heavy atom. The van der Waals surface area contributed by atoms with Crippen LogP contribution in [0.15, 0.2) is 53.2 Å². The number of ether oxygens (including phenoxy) is 1. The third-order valence-corrected chi connectivity index (χ3v) is 2.77. The smallest absolute Gasteiger partial charge is 0.406 e. The molecule has 0 aliphatic carbocycles. The van der Waals surface area contributed by atoms with Crippen LogP contribution in [0.2, 0.25) is 0 Å². The Morgan fingerprint density at radius 2 is 1.65 bits per heavy atom. The number of alkyl halides is 3. The molecule has 3 rings (SSSR count). The van der Waals surface area contributed by atoms with Crippen molar-refractivity contribution in [1.82, 2.24) is 5.16 Å². The maximum Gasteiger partial charge on any atom is 0.573 e. The lowest BCUT2D eigenvalue weighted by Gasteiger charge is -2.09. The quantitative estimate of drug-likeness (QED) is 0.697. The van der Waals surface area contributed by atoms with Gasteiger partial charge in [-0.25, -0.2) is 0 Å². The summed E-state index contributed by atoms with van der Waals surface area (Å²) in [5.74, 6) is -0.243. The Balaban J connectivity index is 1.90. The second-order valence-electron chi connectivity index (χ2n) is 4.15. The maximum atomic E-state index is 12.1. The minimum atomic E-state index is -4.68. The van der Waals surface area contributed by atoms with Gasteiger partial charge in [-0.3, -0.25) is 0 Å². The molecule has 0 N–H and O–H groups in total. The molecule has 0 spiro atoms. The van der Waals surface area contributed by atoms with Crippen LogP contribution in [0, 0.1) is 0 Å². The van der Waals surface area contributed by atoms with E-state index in [2.05, 4.69) is 9.89 Å². The molecule has 0 aliphatic heterocycles. The van der Waals surface area contributed by atoms with Gasteiger partial charge in [-0.15, -0.1) is 13.2 Å². The molecule has 2 aromatic carbocycles. The van der Waals surface area contributed by atoms with Crippen molar-refractivity contribution < 1.29 is 22.4 Å². The molecule has 0 unspecified atom stereocenters. The summed E-state index contributed by atoms with van der Waals surface area (Å²) in [6.07, 6.45) is -3.09. The van der Waals surface area contributed by atoms with Gasteiger partial charge in [0, 0.05) is 5.39 Å². The van der Waals surface area contributed by atoms with Gasteiger partial charge < -0.3 is 9.26 Å². The monoisotopic (exact) mass is 279 g/mol. The lowest BCUT2D eigenvalue weighted by molar-refractivity contribution is -0.274. The number of fused-ring (bicyclic) bond motifs is 1. The predicted molar refractivity (Wildman–Crippen MR) is 66.1 cm³/mol. The molecule has 0 saturated carbocycles. The van der Waals surface area contributed by atoms with Crippen molar-refractivity contribution in [2.75, 3.05) is 0 Å². The van der Waals surface area contributed by atoms with Crippen LogP contribution in [0.25, 0.3) is 22.1 Å². The lowest BCUT2D eigenvalue weighted by atomic mass is 10.0. The van der Waals surface area contributed by atoms with Gasteiger partial charge in [-0.05, 0) is 35.4 Å². The standard InChI is InChI=1S/C14H8F3NO2/c15-14(16,17)19-12-4-1-9(2-5-12)10-3-6-13-11(7-10)8-18-20-13/h1-8H. The fourth-order valence-electron chi connectivity index (χ4n) is 1.90. The third-order valence-electron chi connectivity index (χ3n) is 2.77. The average molecular weight is 279 g/mol. The van der Waals surface area contributed by atoms with Gasteiger partial charge in [0.2, 0.25) is 0 Å². The summed E-state index contributed by atoms with van der Waals surface area (Å²) in [6, 6.07) is 11.1. The van der Waals surface area contributed by atoms with E-state index in [1.807, 2.05) is 12.1 Å². The molecule has 3 nitrogen and oxygen atoms in total. The van der Waals surface area contributed by atoms with E-state index in [0.717, 1.165) is 16.5 Å². The summed E-state index contributed by atoms with van der Waals surface area (Å²) in [4.78, 5) is 0. The Kier molecular flexibility index (Phi) is 2.85. The molecule has 0 atom stereocenters. The first kappa shape index (κ1) is 12.5. The van der Waals surface area contributed by atoms with E-state index in [9.17, 15) is 13.2 Å². The van der Waals surface area contributed by atoms with E-state index in [1.54, 1.807) is 24.4 Å². The summed E-state index contributed by atoms with van der Waals surface area (Å²) in [5.41, 5.74) is 2.30. The normalized spacial score (nSPS) is 11.8. The molecule has 3 aromatic rings. The maximum absolute atomic E-state index is 12.1. The molecular formula is C14H8F3NO2. The van der Waals surface area contributed by atoms with Gasteiger partial charge >= 0.3 is 6.36 Å². The van der Waals surface area contributed by atoms with Crippen molar-refractivity contribution in [1.29, 1.82) is 0 Å². The van der Waals surface area contributed by atoms with Crippen molar-refractivity contribution in [3.05, 3.63) is 48.7 Å². The van der Waals surface area contributed by atoms with Crippen molar-refractivity contribution in [3.63, 3.8) is 0 Å². The van der Waals surface area contributed by atoms with Crippen molar-refractivity contribution in [3.8, 4) is 16.9 Å². The van der Waals surface area contributed by atoms with E-state index in [0.29, 0.717) is 5.58 Å². The van der Waals surface area contributed by atoms with Gasteiger partial charge in [-0.2, -0.15) is 0 Å². The highest BCUT2D eigenvalue weighted by atomic mass is 19.4. The SMILES string of the molecule is FC(F)(F)Oc1ccc(-c2ccc3oncc3c2)cc1. The second-order valence-corrected chi connectivity index (χ2v) is 4.15. The first-order valence-electron chi connectivity index (χ1n) is 5.72. The van der Waals surface area contributed by atoms with Crippen LogP contribution in [0.5, 0.6) is 5.75 Å². The van der Waals surface area contributed by atoms with Crippen molar-refractivity contribution in [2.24, 2.45) is 0 Å². The number of hydrogen-bond acceptors (Lipinski definition) is 3. The van der Waals surface area contributed by atoms with Gasteiger partial charge in [0.15, 0.2) is 5.58 Å². The summed E-state index contributed by atoms with van der Waals surface area (Å²) >= 11 is 0. The van der Waals surface area contributed by atoms with Crippen LogP contribution < -0.4 is 4.74 Å². The Labute approximate surface area is 111 Å². The van der Waals surface area contributed by atoms with Gasteiger partial charge in [0.25, 0.3) is 0 Å². The van der Waals surface area contributed by atoms with E-state index in [1.165, 1.54) is 12.1 Å². The highest BCUT2D eigenvalue weighted by Crippen LogP contribution is 2.28. The number of aromatic nitrogens is 1. The van der Waals surface area contributed by atoms with E-state index in [4.69, 9.17) is 4.52 Å². The minimum Gasteiger partial charge on any atom is -0.406 e. The van der Waals surface area contributed by atoms with E-state index >= 15 is 0 Å². The van der Waals surface area contributed by atoms with Crippen molar-refractivity contribution >= 4 is 11.0 Å². The third kappa shape index (κ3) is 2.59. The zero-order chi connectivity index (χ0) is 14.2. The molecule has 6 heteroatoms. The van der Waals surface area contributed by atoms with Crippen LogP contribution in [-0.4, -0.2) is 11.5 Å². The van der Waals surface area contributed by atoms with E-state index in [-0.39, 0.29) is 5.75 Å². The zero-order valence-electron chi connectivity index (χ0n) is 10.0. The molecule has 1 aromatic heterocycles. The molecule has 20 heavy (non-hydrogen) atoms. The van der Waals surface area contributed by atoms with Crippen LogP contribution in [0.1, 0.15) is 0 Å². The van der Waals surface area contributed by atoms with Gasteiger partial charge in [-0.1, -0.05) is 23.4 Å². The number of halogens is 3. The second kappa shape index (κ2) is 4.56. The largest absolute Gasteiger partial charge is 0.573 e. The van der Waals surface area contributed by atoms with Gasteiger partial charge in [0.1, 0.15) is 5.75 Å². The Bertz CT molecular complexity index is 732. The first-order chi connectivity index (χ1) is 9.51. The number of nitrogens with zero attached hydrogens (tertiary/aromatic N) is 1. The fourth-order valence-corrected chi connectivity index (χ4v) is 1.90. The molecule has 0 amide bonds. The van der Waals surface area contributed by atoms with Crippen LogP contribution in [-0.2, 0) is 0 Å². The molecule has 0 bridgehead atoms. The molecular weight excluding hydrogens is 271 g/mol. The molecule has 0 radical (unpaired) electrons. The summed E-state index contributed by atoms with van der Waals surface area (Å²) in [5, 5.41) is 4.50. The summed E-state index contributed by atoms with van der Waals surface area (Å²) < 4.78 is 45.0. The van der Waals surface area contributed by atoms with Crippen LogP contribution >= 0.6 is 0 Å². The highest BCUT2D eigenvalue weighted by molar-refractivity contribution is 5.82. The summed E-state index contributed by atoms with van der Waals surface area (Å²) in [6.45, 7) is 0. The number of hydrogen-bond donors (Lipinski definition) is 0. The molecule has 1 heterocycles. The molecule has 102 valence electrons. The number of rotatable bonds is 2. The predicted octanol–water partition coefficient (Wildman–Crippen LogP) is 4.39. The Hall–Kier alpha value is -2.50. The topological polar surface area (TPSA) is 35.3 Å². The Morgan fingerprint density at radius 3 is 2.35 bits per heavy atom. The van der Waals surface area contributed by atoms with Gasteiger partial charge in [0.05, 0.1) is 6.20 Å². The van der Waals surface area contributed by atoms with E-state index < -0.39 is 6.36 Å². The molecule has 0 saturated heterocycles. The van der Waals surface area contributed by atoms with Crippen LogP contribution in [0.4, 0.5) is 13.2 Å². The average Bonchev–Trinajstić information content (AvgIpc) is 2.85. The first-order valence-corrected chi connectivity index (χ1v) is 5.72.